The standard InChI is InChI=1S/C10H10N2O3/c13-9-3-4-11-8-5-6(10(14)15)1-2-7(8)12-9/h1-2,5,11H,3-4H2,(H,12,13)(H,14,15). The van der Waals surface area contributed by atoms with Crippen molar-refractivity contribution < 1.29 is 14.7 Å². The molecule has 1 amide bonds. The molecular formula is C10H10N2O3. The molecule has 2 rings (SSSR count). The molecule has 5 nitrogen and oxygen atoms in total. The first kappa shape index (κ1) is 9.51. The molecule has 15 heavy (non-hydrogen) atoms. The fourth-order valence-corrected chi connectivity index (χ4v) is 1.46. The van der Waals surface area contributed by atoms with Crippen molar-refractivity contribution in [3.63, 3.8) is 0 Å². The largest absolute Gasteiger partial charge is 0.478 e. The molecule has 0 saturated carbocycles. The van der Waals surface area contributed by atoms with Gasteiger partial charge in [-0.2, -0.15) is 0 Å². The second-order valence-electron chi connectivity index (χ2n) is 3.29. The number of nitrogens with one attached hydrogen (secondary N) is 2. The number of benzene rings is 1. The third-order valence-corrected chi connectivity index (χ3v) is 2.21. The van der Waals surface area contributed by atoms with Gasteiger partial charge in [-0.25, -0.2) is 4.79 Å². The zero-order valence-electron chi connectivity index (χ0n) is 7.91. The van der Waals surface area contributed by atoms with Crippen LogP contribution in [0.25, 0.3) is 0 Å². The second-order valence-corrected chi connectivity index (χ2v) is 3.29. The minimum absolute atomic E-state index is 0.0654. The summed E-state index contributed by atoms with van der Waals surface area (Å²) in [4.78, 5) is 21.9. The number of aromatic carboxylic acids is 1. The summed E-state index contributed by atoms with van der Waals surface area (Å²) >= 11 is 0. The highest BCUT2D eigenvalue weighted by Gasteiger charge is 2.13. The summed E-state index contributed by atoms with van der Waals surface area (Å²) in [7, 11) is 0. The Morgan fingerprint density at radius 1 is 1.33 bits per heavy atom. The smallest absolute Gasteiger partial charge is 0.335 e. The lowest BCUT2D eigenvalue weighted by molar-refractivity contribution is -0.115. The van der Waals surface area contributed by atoms with Crippen LogP contribution < -0.4 is 10.6 Å². The van der Waals surface area contributed by atoms with Gasteiger partial charge < -0.3 is 15.7 Å². The Kier molecular flexibility index (Phi) is 2.29. The Bertz CT molecular complexity index is 429. The van der Waals surface area contributed by atoms with Gasteiger partial charge in [0.15, 0.2) is 0 Å². The topological polar surface area (TPSA) is 78.4 Å². The fourth-order valence-electron chi connectivity index (χ4n) is 1.46. The molecule has 0 unspecified atom stereocenters. The molecule has 3 N–H and O–H groups in total. The molecule has 0 aliphatic carbocycles. The Labute approximate surface area is 86.1 Å². The number of anilines is 2. The minimum atomic E-state index is -0.977. The Balaban J connectivity index is 2.40. The van der Waals surface area contributed by atoms with Crippen molar-refractivity contribution in [2.75, 3.05) is 17.2 Å². The summed E-state index contributed by atoms with van der Waals surface area (Å²) in [5.74, 6) is -1.04. The number of amides is 1. The lowest BCUT2D eigenvalue weighted by Crippen LogP contribution is -2.10. The second kappa shape index (κ2) is 3.61. The zero-order chi connectivity index (χ0) is 10.8. The van der Waals surface area contributed by atoms with Gasteiger partial charge in [0.2, 0.25) is 5.91 Å². The molecule has 1 aromatic carbocycles. The molecule has 0 atom stereocenters. The van der Waals surface area contributed by atoms with Crippen LogP contribution in [-0.2, 0) is 4.79 Å². The molecule has 1 aliphatic rings. The summed E-state index contributed by atoms with van der Waals surface area (Å²) < 4.78 is 0. The van der Waals surface area contributed by atoms with Crippen LogP contribution in [0.4, 0.5) is 11.4 Å². The molecule has 0 spiro atoms. The number of hydrogen-bond acceptors (Lipinski definition) is 3. The molecule has 1 heterocycles. The maximum Gasteiger partial charge on any atom is 0.335 e. The van der Waals surface area contributed by atoms with Gasteiger partial charge in [-0.15, -0.1) is 0 Å². The third-order valence-electron chi connectivity index (χ3n) is 2.21. The van der Waals surface area contributed by atoms with Crippen molar-refractivity contribution in [2.45, 2.75) is 6.42 Å². The summed E-state index contributed by atoms with van der Waals surface area (Å²) in [6.07, 6.45) is 0.386. The molecule has 0 aromatic heterocycles. The van der Waals surface area contributed by atoms with Gasteiger partial charge in [-0.1, -0.05) is 0 Å². The molecule has 5 heteroatoms. The first-order chi connectivity index (χ1) is 7.16. The SMILES string of the molecule is O=C1CCNc2cc(C(=O)O)ccc2N1. The van der Waals surface area contributed by atoms with Crippen LogP contribution in [0.1, 0.15) is 16.8 Å². The van der Waals surface area contributed by atoms with Crippen molar-refractivity contribution in [1.82, 2.24) is 0 Å². The van der Waals surface area contributed by atoms with Crippen LogP contribution in [0, 0.1) is 0 Å². The van der Waals surface area contributed by atoms with Crippen LogP contribution in [-0.4, -0.2) is 23.5 Å². The van der Waals surface area contributed by atoms with Crippen LogP contribution in [0.2, 0.25) is 0 Å². The van der Waals surface area contributed by atoms with E-state index in [0.29, 0.717) is 24.3 Å². The number of fused-ring (bicyclic) bond motifs is 1. The molecule has 1 aromatic rings. The summed E-state index contributed by atoms with van der Waals surface area (Å²) in [6, 6.07) is 4.58. The van der Waals surface area contributed by atoms with Crippen LogP contribution in [0.3, 0.4) is 0 Å². The van der Waals surface area contributed by atoms with E-state index in [0.717, 1.165) is 0 Å². The van der Waals surface area contributed by atoms with Crippen molar-refractivity contribution in [3.8, 4) is 0 Å². The van der Waals surface area contributed by atoms with Gasteiger partial charge >= 0.3 is 5.97 Å². The van der Waals surface area contributed by atoms with Gasteiger partial charge in [0.05, 0.1) is 16.9 Å². The van der Waals surface area contributed by atoms with E-state index in [4.69, 9.17) is 5.11 Å². The third kappa shape index (κ3) is 1.90. The molecule has 0 saturated heterocycles. The first-order valence-corrected chi connectivity index (χ1v) is 4.58. The predicted molar refractivity (Wildman–Crippen MR) is 55.1 cm³/mol. The summed E-state index contributed by atoms with van der Waals surface area (Å²) in [5.41, 5.74) is 1.49. The van der Waals surface area contributed by atoms with Crippen molar-refractivity contribution in [1.29, 1.82) is 0 Å². The maximum absolute atomic E-state index is 11.2. The highest BCUT2D eigenvalue weighted by Crippen LogP contribution is 2.25. The van der Waals surface area contributed by atoms with Crippen molar-refractivity contribution in [2.24, 2.45) is 0 Å². The van der Waals surface area contributed by atoms with E-state index in [1.165, 1.54) is 12.1 Å². The lowest BCUT2D eigenvalue weighted by Gasteiger charge is -2.07. The highest BCUT2D eigenvalue weighted by molar-refractivity contribution is 5.98. The normalized spacial score (nSPS) is 14.5. The number of carboxylic acid groups (broad SMARTS) is 1. The Morgan fingerprint density at radius 2 is 2.13 bits per heavy atom. The summed E-state index contributed by atoms with van der Waals surface area (Å²) in [6.45, 7) is 0.516. The average Bonchev–Trinajstić information content (AvgIpc) is 2.37. The van der Waals surface area contributed by atoms with Gasteiger partial charge in [-0.3, -0.25) is 4.79 Å². The van der Waals surface area contributed by atoms with E-state index >= 15 is 0 Å². The number of hydrogen-bond donors (Lipinski definition) is 3. The van der Waals surface area contributed by atoms with Crippen LogP contribution in [0.5, 0.6) is 0 Å². The predicted octanol–water partition coefficient (Wildman–Crippen LogP) is 1.14. The van der Waals surface area contributed by atoms with Gasteiger partial charge in [0, 0.05) is 13.0 Å². The highest BCUT2D eigenvalue weighted by atomic mass is 16.4. The quantitative estimate of drug-likeness (QED) is 0.643. The molecular weight excluding hydrogens is 196 g/mol. The van der Waals surface area contributed by atoms with E-state index in [-0.39, 0.29) is 11.5 Å². The van der Waals surface area contributed by atoms with Crippen LogP contribution >= 0.6 is 0 Å². The van der Waals surface area contributed by atoms with E-state index in [2.05, 4.69) is 10.6 Å². The summed E-state index contributed by atoms with van der Waals surface area (Å²) in [5, 5.41) is 14.5. The molecule has 78 valence electrons. The Morgan fingerprint density at radius 3 is 2.87 bits per heavy atom. The molecule has 0 fully saturated rings. The van der Waals surface area contributed by atoms with E-state index in [9.17, 15) is 9.59 Å². The van der Waals surface area contributed by atoms with Gasteiger partial charge in [-0.05, 0) is 18.2 Å². The molecule has 0 radical (unpaired) electrons. The fraction of sp³-hybridized carbons (Fsp3) is 0.200. The lowest BCUT2D eigenvalue weighted by atomic mass is 10.1. The minimum Gasteiger partial charge on any atom is -0.478 e. The Hall–Kier alpha value is -2.04. The number of carboxylic acids is 1. The number of carbonyl (C=O) groups excluding carboxylic acids is 1. The van der Waals surface area contributed by atoms with E-state index < -0.39 is 5.97 Å². The number of rotatable bonds is 1. The molecule has 1 aliphatic heterocycles. The van der Waals surface area contributed by atoms with Crippen molar-refractivity contribution in [3.05, 3.63) is 23.8 Å². The van der Waals surface area contributed by atoms with Crippen LogP contribution in [0.15, 0.2) is 18.2 Å². The van der Waals surface area contributed by atoms with E-state index in [1.54, 1.807) is 6.07 Å². The average molecular weight is 206 g/mol. The van der Waals surface area contributed by atoms with Gasteiger partial charge in [0.1, 0.15) is 0 Å². The zero-order valence-corrected chi connectivity index (χ0v) is 7.91. The first-order valence-electron chi connectivity index (χ1n) is 4.58. The monoisotopic (exact) mass is 206 g/mol. The van der Waals surface area contributed by atoms with Crippen molar-refractivity contribution >= 4 is 23.3 Å². The maximum atomic E-state index is 11.2. The number of carbonyl (C=O) groups is 2. The molecule has 0 bridgehead atoms. The van der Waals surface area contributed by atoms with Gasteiger partial charge in [0.25, 0.3) is 0 Å². The van der Waals surface area contributed by atoms with E-state index in [1.807, 2.05) is 0 Å².